The lowest BCUT2D eigenvalue weighted by atomic mass is 9.93. The fourth-order valence-corrected chi connectivity index (χ4v) is 5.66. The summed E-state index contributed by atoms with van der Waals surface area (Å²) in [6.45, 7) is 7.43. The summed E-state index contributed by atoms with van der Waals surface area (Å²) >= 11 is 0. The summed E-state index contributed by atoms with van der Waals surface area (Å²) in [4.78, 5) is 44.2. The Labute approximate surface area is 234 Å². The van der Waals surface area contributed by atoms with Crippen molar-refractivity contribution in [2.45, 2.75) is 103 Å². The number of carbonyl (C=O) groups is 3. The Balaban J connectivity index is 1.89. The second kappa shape index (κ2) is 15.0. The maximum atomic E-state index is 14.0. The number of nitrogens with one attached hydrogen (secondary N) is 2. The molecular formula is C30H48N4O5. The smallest absolute Gasteiger partial charge is 0.318 e. The van der Waals surface area contributed by atoms with Gasteiger partial charge in [-0.2, -0.15) is 0 Å². The van der Waals surface area contributed by atoms with E-state index < -0.39 is 12.1 Å². The maximum absolute atomic E-state index is 14.0. The number of methoxy groups -OCH3 is 2. The third-order valence-electron chi connectivity index (χ3n) is 7.68. The Morgan fingerprint density at radius 2 is 1.72 bits per heavy atom. The van der Waals surface area contributed by atoms with Gasteiger partial charge in [-0.05, 0) is 49.3 Å². The minimum Gasteiger partial charge on any atom is -0.497 e. The van der Waals surface area contributed by atoms with Gasteiger partial charge in [-0.15, -0.1) is 0 Å². The summed E-state index contributed by atoms with van der Waals surface area (Å²) in [5.74, 6) is 1.30. The van der Waals surface area contributed by atoms with Gasteiger partial charge in [0.1, 0.15) is 17.5 Å². The van der Waals surface area contributed by atoms with E-state index in [4.69, 9.17) is 9.47 Å². The number of benzene rings is 1. The number of amides is 4. The zero-order valence-corrected chi connectivity index (χ0v) is 24.5. The second-order valence-corrected chi connectivity index (χ2v) is 11.3. The molecule has 0 unspecified atom stereocenters. The molecule has 1 heterocycles. The summed E-state index contributed by atoms with van der Waals surface area (Å²) in [6, 6.07) is 4.40. The molecule has 0 spiro atoms. The molecule has 1 aliphatic carbocycles. The normalized spacial score (nSPS) is 20.2. The molecule has 9 heteroatoms. The molecule has 1 aliphatic heterocycles. The summed E-state index contributed by atoms with van der Waals surface area (Å²) in [5.41, 5.74) is 0.870. The fourth-order valence-electron chi connectivity index (χ4n) is 5.66. The molecule has 3 rings (SSSR count). The monoisotopic (exact) mass is 544 g/mol. The SMILES string of the molecule is CCCCNC(=O)C[C@@H]1CN(Cc2cc(OC)cc(OC)c2)C(=O)[C@@H](CC(C)C)N1C(=O)NC1CCCCC1. The number of rotatable bonds is 12. The third-order valence-corrected chi connectivity index (χ3v) is 7.68. The molecular weight excluding hydrogens is 496 g/mol. The lowest BCUT2D eigenvalue weighted by molar-refractivity contribution is -0.145. The molecule has 2 N–H and O–H groups in total. The molecule has 1 aromatic rings. The third kappa shape index (κ3) is 8.77. The lowest BCUT2D eigenvalue weighted by Crippen LogP contribution is -2.66. The van der Waals surface area contributed by atoms with E-state index >= 15 is 0 Å². The van der Waals surface area contributed by atoms with Crippen molar-refractivity contribution in [1.82, 2.24) is 20.4 Å². The van der Waals surface area contributed by atoms with Crippen molar-refractivity contribution in [1.29, 1.82) is 0 Å². The van der Waals surface area contributed by atoms with Gasteiger partial charge in [-0.1, -0.05) is 46.5 Å². The van der Waals surface area contributed by atoms with Crippen molar-refractivity contribution < 1.29 is 23.9 Å². The van der Waals surface area contributed by atoms with Crippen LogP contribution in [0.2, 0.25) is 0 Å². The molecule has 0 radical (unpaired) electrons. The van der Waals surface area contributed by atoms with E-state index in [1.165, 1.54) is 6.42 Å². The predicted molar refractivity (Wildman–Crippen MR) is 152 cm³/mol. The van der Waals surface area contributed by atoms with E-state index in [0.29, 0.717) is 31.0 Å². The first-order valence-corrected chi connectivity index (χ1v) is 14.6. The van der Waals surface area contributed by atoms with Crippen LogP contribution in [0.5, 0.6) is 11.5 Å². The van der Waals surface area contributed by atoms with Crippen molar-refractivity contribution in [3.05, 3.63) is 23.8 Å². The van der Waals surface area contributed by atoms with Crippen LogP contribution in [0.4, 0.5) is 4.79 Å². The Hall–Kier alpha value is -2.97. The average molecular weight is 545 g/mol. The van der Waals surface area contributed by atoms with Crippen molar-refractivity contribution in [3.8, 4) is 11.5 Å². The number of ether oxygens (including phenoxy) is 2. The average Bonchev–Trinajstić information content (AvgIpc) is 2.91. The molecule has 2 fully saturated rings. The highest BCUT2D eigenvalue weighted by atomic mass is 16.5. The van der Waals surface area contributed by atoms with Crippen LogP contribution in [-0.2, 0) is 16.1 Å². The summed E-state index contributed by atoms with van der Waals surface area (Å²) in [6.07, 6.45) is 7.87. The number of nitrogens with zero attached hydrogens (tertiary/aromatic N) is 2. The molecule has 39 heavy (non-hydrogen) atoms. The van der Waals surface area contributed by atoms with Crippen LogP contribution in [-0.4, -0.2) is 73.1 Å². The molecule has 1 saturated carbocycles. The van der Waals surface area contributed by atoms with Gasteiger partial charge in [0, 0.05) is 38.2 Å². The van der Waals surface area contributed by atoms with Crippen LogP contribution < -0.4 is 20.1 Å². The van der Waals surface area contributed by atoms with E-state index in [2.05, 4.69) is 31.4 Å². The summed E-state index contributed by atoms with van der Waals surface area (Å²) < 4.78 is 10.9. The maximum Gasteiger partial charge on any atom is 0.318 e. The number of piperazine rings is 1. The molecule has 1 aromatic carbocycles. The Morgan fingerprint density at radius 1 is 1.05 bits per heavy atom. The van der Waals surface area contributed by atoms with Gasteiger partial charge in [0.15, 0.2) is 0 Å². The number of carbonyl (C=O) groups excluding carboxylic acids is 3. The van der Waals surface area contributed by atoms with E-state index in [0.717, 1.165) is 44.1 Å². The number of hydrogen-bond donors (Lipinski definition) is 2. The molecule has 4 amide bonds. The van der Waals surface area contributed by atoms with Gasteiger partial charge in [0.05, 0.1) is 20.3 Å². The van der Waals surface area contributed by atoms with Crippen LogP contribution in [0.25, 0.3) is 0 Å². The van der Waals surface area contributed by atoms with E-state index in [1.807, 2.05) is 12.1 Å². The molecule has 2 atom stereocenters. The minimum atomic E-state index is -0.636. The highest BCUT2D eigenvalue weighted by Crippen LogP contribution is 2.29. The van der Waals surface area contributed by atoms with Crippen molar-refractivity contribution >= 4 is 17.8 Å². The van der Waals surface area contributed by atoms with Crippen LogP contribution in [0.1, 0.15) is 84.1 Å². The largest absolute Gasteiger partial charge is 0.497 e. The highest BCUT2D eigenvalue weighted by molar-refractivity contribution is 5.89. The van der Waals surface area contributed by atoms with Gasteiger partial charge < -0.3 is 29.9 Å². The van der Waals surface area contributed by atoms with Crippen LogP contribution in [0, 0.1) is 5.92 Å². The topological polar surface area (TPSA) is 100 Å². The van der Waals surface area contributed by atoms with Gasteiger partial charge >= 0.3 is 6.03 Å². The quantitative estimate of drug-likeness (QED) is 0.378. The van der Waals surface area contributed by atoms with Gasteiger partial charge in [-0.3, -0.25) is 9.59 Å². The van der Waals surface area contributed by atoms with Gasteiger partial charge in [0.25, 0.3) is 0 Å². The Bertz CT molecular complexity index is 940. The molecule has 9 nitrogen and oxygen atoms in total. The number of unbranched alkanes of at least 4 members (excludes halogenated alkanes) is 1. The molecule has 0 aromatic heterocycles. The van der Waals surface area contributed by atoms with Crippen LogP contribution in [0.3, 0.4) is 0 Å². The second-order valence-electron chi connectivity index (χ2n) is 11.3. The molecule has 2 aliphatic rings. The van der Waals surface area contributed by atoms with Crippen molar-refractivity contribution in [2.75, 3.05) is 27.3 Å². The van der Waals surface area contributed by atoms with Gasteiger partial charge in [-0.25, -0.2) is 4.79 Å². The Kier molecular flexibility index (Phi) is 11.7. The number of urea groups is 1. The van der Waals surface area contributed by atoms with Crippen molar-refractivity contribution in [3.63, 3.8) is 0 Å². The summed E-state index contributed by atoms with van der Waals surface area (Å²) in [5, 5.41) is 6.21. The molecule has 0 bridgehead atoms. The number of hydrogen-bond acceptors (Lipinski definition) is 5. The Morgan fingerprint density at radius 3 is 2.31 bits per heavy atom. The standard InChI is InChI=1S/C30H48N4O5/c1-6-7-13-31-28(35)17-24-20-33(19-22-15-25(38-4)18-26(16-22)39-5)29(36)27(14-21(2)3)34(24)30(37)32-23-11-9-8-10-12-23/h15-16,18,21,23-24,27H,6-14,17,19-20H2,1-5H3,(H,31,35)(H,32,37)/t24-,27-/m1/s1. The first-order chi connectivity index (χ1) is 18.7. The predicted octanol–water partition coefficient (Wildman–Crippen LogP) is 4.48. The molecule has 1 saturated heterocycles. The van der Waals surface area contributed by atoms with Gasteiger partial charge in [0.2, 0.25) is 11.8 Å². The first-order valence-electron chi connectivity index (χ1n) is 14.6. The van der Waals surface area contributed by atoms with E-state index in [1.54, 1.807) is 30.1 Å². The minimum absolute atomic E-state index is 0.0908. The highest BCUT2D eigenvalue weighted by Gasteiger charge is 2.44. The van der Waals surface area contributed by atoms with E-state index in [-0.39, 0.29) is 42.8 Å². The fraction of sp³-hybridized carbons (Fsp3) is 0.700. The molecule has 218 valence electrons. The van der Waals surface area contributed by atoms with Crippen LogP contribution >= 0.6 is 0 Å². The van der Waals surface area contributed by atoms with Crippen LogP contribution in [0.15, 0.2) is 18.2 Å². The van der Waals surface area contributed by atoms with E-state index in [9.17, 15) is 14.4 Å². The summed E-state index contributed by atoms with van der Waals surface area (Å²) in [7, 11) is 3.19. The zero-order valence-electron chi connectivity index (χ0n) is 24.5. The lowest BCUT2D eigenvalue weighted by Gasteiger charge is -2.47. The first kappa shape index (κ1) is 30.6. The van der Waals surface area contributed by atoms with Crippen molar-refractivity contribution in [2.24, 2.45) is 5.92 Å². The zero-order chi connectivity index (χ0) is 28.4.